The highest BCUT2D eigenvalue weighted by molar-refractivity contribution is 5.89. The molecule has 3 heterocycles. The van der Waals surface area contributed by atoms with Crippen molar-refractivity contribution in [3.63, 3.8) is 0 Å². The second-order valence-electron chi connectivity index (χ2n) is 5.92. The summed E-state index contributed by atoms with van der Waals surface area (Å²) in [6, 6.07) is 3.61. The molecule has 0 aromatic carbocycles. The average molecular weight is 339 g/mol. The van der Waals surface area contributed by atoms with Crippen LogP contribution in [0.3, 0.4) is 0 Å². The zero-order valence-electron chi connectivity index (χ0n) is 13.6. The molecule has 1 aliphatic rings. The lowest BCUT2D eigenvalue weighted by molar-refractivity contribution is 0.0421. The van der Waals surface area contributed by atoms with Gasteiger partial charge in [-0.1, -0.05) is 11.6 Å². The van der Waals surface area contributed by atoms with Crippen molar-refractivity contribution in [1.29, 1.82) is 0 Å². The molecule has 0 bridgehead atoms. The van der Waals surface area contributed by atoms with Crippen LogP contribution in [0.15, 0.2) is 29.0 Å². The highest BCUT2D eigenvalue weighted by atomic mass is 16.6. The van der Waals surface area contributed by atoms with Crippen LogP contribution in [-0.4, -0.2) is 31.3 Å². The van der Waals surface area contributed by atoms with E-state index in [1.807, 2.05) is 6.07 Å². The number of hydrogen-bond acceptors (Lipinski definition) is 7. The summed E-state index contributed by atoms with van der Waals surface area (Å²) in [7, 11) is 0. The minimum absolute atomic E-state index is 0.0896. The van der Waals surface area contributed by atoms with E-state index < -0.39 is 5.97 Å². The molecule has 0 amide bonds. The number of esters is 1. The van der Waals surface area contributed by atoms with Crippen molar-refractivity contribution >= 4 is 5.97 Å². The Morgan fingerprint density at radius 2 is 2.20 bits per heavy atom. The second kappa shape index (κ2) is 6.84. The van der Waals surface area contributed by atoms with Gasteiger partial charge in [0.2, 0.25) is 5.82 Å². The van der Waals surface area contributed by atoms with Gasteiger partial charge in [-0.05, 0) is 37.8 Å². The molecule has 0 fully saturated rings. The Hall–Kier alpha value is -3.03. The predicted octanol–water partition coefficient (Wildman–Crippen LogP) is 2.48. The van der Waals surface area contributed by atoms with Gasteiger partial charge in [0.05, 0.1) is 0 Å². The molecule has 8 heteroatoms. The maximum absolute atomic E-state index is 12.3. The fourth-order valence-electron chi connectivity index (χ4n) is 2.95. The second-order valence-corrected chi connectivity index (χ2v) is 5.92. The van der Waals surface area contributed by atoms with Gasteiger partial charge in [-0.25, -0.2) is 4.79 Å². The molecule has 0 saturated carbocycles. The molecule has 8 nitrogen and oxygen atoms in total. The van der Waals surface area contributed by atoms with Crippen molar-refractivity contribution in [2.24, 2.45) is 0 Å². The number of pyridine rings is 1. The number of aromatic amines is 1. The Labute approximate surface area is 143 Å². The van der Waals surface area contributed by atoms with Gasteiger partial charge in [0.1, 0.15) is 0 Å². The van der Waals surface area contributed by atoms with E-state index in [2.05, 4.69) is 25.3 Å². The van der Waals surface area contributed by atoms with E-state index in [4.69, 9.17) is 9.26 Å². The van der Waals surface area contributed by atoms with E-state index in [0.717, 1.165) is 48.9 Å². The van der Waals surface area contributed by atoms with E-state index in [1.165, 1.54) is 0 Å². The molecule has 4 rings (SSSR count). The van der Waals surface area contributed by atoms with Crippen LogP contribution >= 0.6 is 0 Å². The summed E-state index contributed by atoms with van der Waals surface area (Å²) in [5, 5.41) is 11.0. The van der Waals surface area contributed by atoms with Gasteiger partial charge in [0.25, 0.3) is 5.89 Å². The van der Waals surface area contributed by atoms with Crippen LogP contribution in [0, 0.1) is 0 Å². The highest BCUT2D eigenvalue weighted by Crippen LogP contribution is 2.22. The number of aryl methyl sites for hydroxylation is 1. The first-order valence-corrected chi connectivity index (χ1v) is 8.27. The first-order valence-electron chi connectivity index (χ1n) is 8.27. The van der Waals surface area contributed by atoms with E-state index in [-0.39, 0.29) is 12.5 Å². The molecule has 1 N–H and O–H groups in total. The monoisotopic (exact) mass is 339 g/mol. The standard InChI is InChI=1S/C17H17N5O3/c23-17(15-12-6-2-1-3-7-13(12)20-21-15)24-10-14-19-16(22-25-14)11-5-4-8-18-9-11/h4-5,8-9H,1-3,6-7,10H2,(H,20,21). The topological polar surface area (TPSA) is 107 Å². The molecule has 0 unspecified atom stereocenters. The van der Waals surface area contributed by atoms with Crippen LogP contribution in [0.25, 0.3) is 11.4 Å². The van der Waals surface area contributed by atoms with Crippen LogP contribution in [0.5, 0.6) is 0 Å². The number of nitrogens with zero attached hydrogens (tertiary/aromatic N) is 4. The molecule has 128 valence electrons. The summed E-state index contributed by atoms with van der Waals surface area (Å²) in [4.78, 5) is 20.6. The Balaban J connectivity index is 1.43. The van der Waals surface area contributed by atoms with Crippen LogP contribution < -0.4 is 0 Å². The molecule has 0 spiro atoms. The lowest BCUT2D eigenvalue weighted by Gasteiger charge is -2.02. The van der Waals surface area contributed by atoms with Crippen molar-refractivity contribution in [2.45, 2.75) is 38.7 Å². The minimum atomic E-state index is -0.472. The Morgan fingerprint density at radius 3 is 3.08 bits per heavy atom. The molecule has 0 radical (unpaired) electrons. The lowest BCUT2D eigenvalue weighted by atomic mass is 10.1. The summed E-state index contributed by atoms with van der Waals surface area (Å²) < 4.78 is 10.4. The first-order chi connectivity index (χ1) is 12.3. The summed E-state index contributed by atoms with van der Waals surface area (Å²) in [6.07, 6.45) is 8.41. The summed E-state index contributed by atoms with van der Waals surface area (Å²) >= 11 is 0. The molecule has 0 saturated heterocycles. The number of aromatic nitrogens is 5. The fourth-order valence-corrected chi connectivity index (χ4v) is 2.95. The van der Waals surface area contributed by atoms with Gasteiger partial charge in [-0.15, -0.1) is 0 Å². The number of H-pyrrole nitrogens is 1. The van der Waals surface area contributed by atoms with Crippen molar-refractivity contribution < 1.29 is 14.1 Å². The van der Waals surface area contributed by atoms with Crippen molar-refractivity contribution in [1.82, 2.24) is 25.3 Å². The lowest BCUT2D eigenvalue weighted by Crippen LogP contribution is -2.09. The highest BCUT2D eigenvalue weighted by Gasteiger charge is 2.22. The van der Waals surface area contributed by atoms with Gasteiger partial charge in [0.15, 0.2) is 12.3 Å². The molecule has 3 aromatic heterocycles. The number of fused-ring (bicyclic) bond motifs is 1. The molecular weight excluding hydrogens is 322 g/mol. The van der Waals surface area contributed by atoms with E-state index in [0.29, 0.717) is 11.5 Å². The number of carbonyl (C=O) groups is 1. The van der Waals surface area contributed by atoms with Gasteiger partial charge in [-0.2, -0.15) is 10.1 Å². The Bertz CT molecular complexity index is 872. The smallest absolute Gasteiger partial charge is 0.359 e. The predicted molar refractivity (Wildman–Crippen MR) is 86.5 cm³/mol. The zero-order chi connectivity index (χ0) is 17.1. The first kappa shape index (κ1) is 15.5. The zero-order valence-corrected chi connectivity index (χ0v) is 13.6. The van der Waals surface area contributed by atoms with Crippen molar-refractivity contribution in [2.75, 3.05) is 0 Å². The van der Waals surface area contributed by atoms with Crippen molar-refractivity contribution in [3.8, 4) is 11.4 Å². The number of nitrogens with one attached hydrogen (secondary N) is 1. The molecule has 0 aliphatic heterocycles. The van der Waals surface area contributed by atoms with E-state index >= 15 is 0 Å². The third-order valence-electron chi connectivity index (χ3n) is 4.21. The third-order valence-corrected chi connectivity index (χ3v) is 4.21. The number of hydrogen-bond donors (Lipinski definition) is 1. The third kappa shape index (κ3) is 3.28. The van der Waals surface area contributed by atoms with Crippen LogP contribution in [0.2, 0.25) is 0 Å². The molecule has 0 atom stereocenters. The molecule has 25 heavy (non-hydrogen) atoms. The maximum atomic E-state index is 12.3. The number of carbonyl (C=O) groups excluding carboxylic acids is 1. The number of rotatable bonds is 4. The normalized spacial score (nSPS) is 13.9. The SMILES string of the molecule is O=C(OCc1nc(-c2cccnc2)no1)c1n[nH]c2c1CCCCC2. The maximum Gasteiger partial charge on any atom is 0.359 e. The largest absolute Gasteiger partial charge is 0.451 e. The van der Waals surface area contributed by atoms with E-state index in [1.54, 1.807) is 18.5 Å². The summed E-state index contributed by atoms with van der Waals surface area (Å²) in [5.41, 5.74) is 3.12. The average Bonchev–Trinajstić information content (AvgIpc) is 3.22. The minimum Gasteiger partial charge on any atom is -0.451 e. The molecular formula is C17H17N5O3. The van der Waals surface area contributed by atoms with Gasteiger partial charge in [-0.3, -0.25) is 10.1 Å². The molecule has 1 aliphatic carbocycles. The van der Waals surface area contributed by atoms with E-state index in [9.17, 15) is 4.79 Å². The van der Waals surface area contributed by atoms with Gasteiger partial charge in [0, 0.05) is 29.2 Å². The van der Waals surface area contributed by atoms with Crippen LogP contribution in [0.4, 0.5) is 0 Å². The van der Waals surface area contributed by atoms with Crippen LogP contribution in [-0.2, 0) is 24.2 Å². The number of ether oxygens (including phenoxy) is 1. The van der Waals surface area contributed by atoms with Gasteiger partial charge < -0.3 is 9.26 Å². The van der Waals surface area contributed by atoms with Crippen LogP contribution in [0.1, 0.15) is 46.9 Å². The Morgan fingerprint density at radius 1 is 1.28 bits per heavy atom. The molecule has 3 aromatic rings. The van der Waals surface area contributed by atoms with Crippen molar-refractivity contribution in [3.05, 3.63) is 47.4 Å². The van der Waals surface area contributed by atoms with Gasteiger partial charge >= 0.3 is 5.97 Å². The summed E-state index contributed by atoms with van der Waals surface area (Å²) in [5.74, 6) is 0.169. The quantitative estimate of drug-likeness (QED) is 0.575. The fraction of sp³-hybridized carbons (Fsp3) is 0.353. The Kier molecular flexibility index (Phi) is 4.24. The summed E-state index contributed by atoms with van der Waals surface area (Å²) in [6.45, 7) is -0.0896.